The Morgan fingerprint density at radius 2 is 1.92 bits per heavy atom. The summed E-state index contributed by atoms with van der Waals surface area (Å²) in [5.41, 5.74) is 1.67. The zero-order chi connectivity index (χ0) is 17.8. The molecule has 2 aromatic carbocycles. The van der Waals surface area contributed by atoms with Gasteiger partial charge in [-0.3, -0.25) is 14.9 Å². The third-order valence-electron chi connectivity index (χ3n) is 3.45. The van der Waals surface area contributed by atoms with Crippen molar-refractivity contribution in [2.24, 2.45) is 0 Å². The highest BCUT2D eigenvalue weighted by Crippen LogP contribution is 2.35. The summed E-state index contributed by atoms with van der Waals surface area (Å²) in [7, 11) is 1.55. The summed E-state index contributed by atoms with van der Waals surface area (Å²) in [4.78, 5) is 23.4. The molecule has 5 nitrogen and oxygen atoms in total. The molecule has 1 heterocycles. The van der Waals surface area contributed by atoms with Gasteiger partial charge >= 0.3 is 0 Å². The van der Waals surface area contributed by atoms with E-state index in [4.69, 9.17) is 9.47 Å². The number of carbonyl (C=O) groups is 2. The van der Waals surface area contributed by atoms with Gasteiger partial charge in [-0.1, -0.05) is 40.2 Å². The molecule has 1 saturated heterocycles. The fraction of sp³-hybridized carbons (Fsp3) is 0.111. The Morgan fingerprint density at radius 3 is 2.56 bits per heavy atom. The van der Waals surface area contributed by atoms with Crippen LogP contribution in [0.2, 0.25) is 0 Å². The Morgan fingerprint density at radius 1 is 1.16 bits per heavy atom. The van der Waals surface area contributed by atoms with Gasteiger partial charge in [0.1, 0.15) is 6.61 Å². The fourth-order valence-corrected chi connectivity index (χ4v) is 3.20. The second-order valence-electron chi connectivity index (χ2n) is 5.15. The van der Waals surface area contributed by atoms with E-state index in [-0.39, 0.29) is 5.24 Å². The molecule has 1 aliphatic rings. The molecule has 0 atom stereocenters. The van der Waals surface area contributed by atoms with Crippen molar-refractivity contribution in [1.82, 2.24) is 5.32 Å². The van der Waals surface area contributed by atoms with Crippen molar-refractivity contribution < 1.29 is 19.1 Å². The van der Waals surface area contributed by atoms with Crippen molar-refractivity contribution in [3.63, 3.8) is 0 Å². The maximum absolute atomic E-state index is 11.8. The quantitative estimate of drug-likeness (QED) is 0.729. The Balaban J connectivity index is 1.89. The lowest BCUT2D eigenvalue weighted by atomic mass is 10.1. The highest BCUT2D eigenvalue weighted by atomic mass is 79.9. The third-order valence-corrected chi connectivity index (χ3v) is 4.79. The Hall–Kier alpha value is -2.25. The molecule has 3 rings (SSSR count). The van der Waals surface area contributed by atoms with Crippen LogP contribution >= 0.6 is 27.7 Å². The molecular weight excluding hydrogens is 406 g/mol. The molecule has 0 bridgehead atoms. The van der Waals surface area contributed by atoms with Gasteiger partial charge in [-0.05, 0) is 41.6 Å². The van der Waals surface area contributed by atoms with Gasteiger partial charge in [-0.15, -0.1) is 0 Å². The van der Waals surface area contributed by atoms with Gasteiger partial charge in [0, 0.05) is 10.0 Å². The number of nitrogens with one attached hydrogen (secondary N) is 1. The zero-order valence-electron chi connectivity index (χ0n) is 13.2. The average Bonchev–Trinajstić information content (AvgIpc) is 2.92. The first-order valence-corrected chi connectivity index (χ1v) is 8.97. The molecule has 1 aliphatic heterocycles. The van der Waals surface area contributed by atoms with Crippen molar-refractivity contribution in [3.8, 4) is 11.5 Å². The molecule has 1 fully saturated rings. The number of ether oxygens (including phenoxy) is 2. The minimum atomic E-state index is -0.406. The zero-order valence-corrected chi connectivity index (χ0v) is 15.6. The number of carbonyl (C=O) groups excluding carboxylic acids is 2. The number of para-hydroxylation sites is 1. The summed E-state index contributed by atoms with van der Waals surface area (Å²) in [6.45, 7) is 0.349. The van der Waals surface area contributed by atoms with Gasteiger partial charge in [0.2, 0.25) is 0 Å². The van der Waals surface area contributed by atoms with E-state index in [9.17, 15) is 9.59 Å². The predicted octanol–water partition coefficient (Wildman–Crippen LogP) is 4.36. The predicted molar refractivity (Wildman–Crippen MR) is 101 cm³/mol. The maximum atomic E-state index is 11.8. The van der Waals surface area contributed by atoms with Gasteiger partial charge in [0.05, 0.1) is 12.0 Å². The van der Waals surface area contributed by atoms with E-state index in [0.29, 0.717) is 28.6 Å². The summed E-state index contributed by atoms with van der Waals surface area (Å²) < 4.78 is 12.3. The first-order valence-electron chi connectivity index (χ1n) is 7.36. The van der Waals surface area contributed by atoms with Gasteiger partial charge in [0.25, 0.3) is 11.1 Å². The minimum absolute atomic E-state index is 0.326. The van der Waals surface area contributed by atoms with Gasteiger partial charge < -0.3 is 9.47 Å². The second kappa shape index (κ2) is 7.76. The van der Waals surface area contributed by atoms with Crippen LogP contribution in [0.3, 0.4) is 0 Å². The molecule has 25 heavy (non-hydrogen) atoms. The van der Waals surface area contributed by atoms with Crippen LogP contribution in [0.25, 0.3) is 6.08 Å². The Kier molecular flexibility index (Phi) is 5.45. The van der Waals surface area contributed by atoms with Crippen LogP contribution in [-0.4, -0.2) is 18.3 Å². The van der Waals surface area contributed by atoms with E-state index in [2.05, 4.69) is 21.2 Å². The van der Waals surface area contributed by atoms with E-state index < -0.39 is 5.91 Å². The molecule has 7 heteroatoms. The molecule has 0 saturated carbocycles. The van der Waals surface area contributed by atoms with Gasteiger partial charge in [-0.25, -0.2) is 0 Å². The number of benzene rings is 2. The van der Waals surface area contributed by atoms with Gasteiger partial charge in [0.15, 0.2) is 11.5 Å². The Labute approximate surface area is 157 Å². The van der Waals surface area contributed by atoms with Crippen LogP contribution in [0, 0.1) is 0 Å². The molecule has 2 amide bonds. The molecular formula is C18H14BrNO4S. The smallest absolute Gasteiger partial charge is 0.290 e. The first-order chi connectivity index (χ1) is 12.1. The van der Waals surface area contributed by atoms with E-state index >= 15 is 0 Å². The van der Waals surface area contributed by atoms with Crippen molar-refractivity contribution in [2.45, 2.75) is 6.61 Å². The SMILES string of the molecule is COc1cccc(/C=C2\SC(=O)NC2=O)c1OCc1ccc(Br)cc1. The Bertz CT molecular complexity index is 849. The van der Waals surface area contributed by atoms with Crippen LogP contribution in [0.4, 0.5) is 4.79 Å². The number of imide groups is 1. The lowest BCUT2D eigenvalue weighted by Crippen LogP contribution is -2.17. The summed E-state index contributed by atoms with van der Waals surface area (Å²) in [5, 5.41) is 1.86. The number of methoxy groups -OCH3 is 1. The molecule has 0 spiro atoms. The lowest BCUT2D eigenvalue weighted by molar-refractivity contribution is -0.115. The second-order valence-corrected chi connectivity index (χ2v) is 7.08. The summed E-state index contributed by atoms with van der Waals surface area (Å²) in [6, 6.07) is 13.2. The topological polar surface area (TPSA) is 64.6 Å². The minimum Gasteiger partial charge on any atom is -0.493 e. The normalized spacial score (nSPS) is 15.4. The molecule has 0 aliphatic carbocycles. The molecule has 128 valence electrons. The van der Waals surface area contributed by atoms with Crippen LogP contribution in [0.5, 0.6) is 11.5 Å². The molecule has 2 aromatic rings. The summed E-state index contributed by atoms with van der Waals surface area (Å²) >= 11 is 4.27. The van der Waals surface area contributed by atoms with E-state index in [1.807, 2.05) is 30.3 Å². The summed E-state index contributed by atoms with van der Waals surface area (Å²) in [6.07, 6.45) is 1.63. The van der Waals surface area contributed by atoms with Crippen molar-refractivity contribution in [1.29, 1.82) is 0 Å². The number of hydrogen-bond donors (Lipinski definition) is 1. The number of halogens is 1. The van der Waals surface area contributed by atoms with Crippen LogP contribution < -0.4 is 14.8 Å². The van der Waals surface area contributed by atoms with Crippen molar-refractivity contribution >= 4 is 44.9 Å². The molecule has 0 unspecified atom stereocenters. The van der Waals surface area contributed by atoms with E-state index in [0.717, 1.165) is 21.8 Å². The van der Waals surface area contributed by atoms with Crippen LogP contribution in [-0.2, 0) is 11.4 Å². The number of thioether (sulfide) groups is 1. The third kappa shape index (κ3) is 4.24. The van der Waals surface area contributed by atoms with Crippen LogP contribution in [0.15, 0.2) is 51.8 Å². The maximum Gasteiger partial charge on any atom is 0.290 e. The van der Waals surface area contributed by atoms with E-state index in [1.165, 1.54) is 0 Å². The van der Waals surface area contributed by atoms with Gasteiger partial charge in [-0.2, -0.15) is 0 Å². The number of hydrogen-bond acceptors (Lipinski definition) is 5. The largest absolute Gasteiger partial charge is 0.493 e. The van der Waals surface area contributed by atoms with E-state index in [1.54, 1.807) is 25.3 Å². The molecule has 0 radical (unpaired) electrons. The standard InChI is InChI=1S/C18H14BrNO4S/c1-23-14-4-2-3-12(9-15-17(21)20-18(22)25-15)16(14)24-10-11-5-7-13(19)8-6-11/h2-9H,10H2,1H3,(H,20,21,22)/b15-9-. The van der Waals surface area contributed by atoms with Crippen LogP contribution in [0.1, 0.15) is 11.1 Å². The highest BCUT2D eigenvalue weighted by molar-refractivity contribution is 9.10. The molecule has 0 aromatic heterocycles. The summed E-state index contributed by atoms with van der Waals surface area (Å²) in [5.74, 6) is 0.672. The first kappa shape index (κ1) is 17.6. The average molecular weight is 420 g/mol. The highest BCUT2D eigenvalue weighted by Gasteiger charge is 2.25. The van der Waals surface area contributed by atoms with Crippen molar-refractivity contribution in [3.05, 3.63) is 63.0 Å². The molecule has 1 N–H and O–H groups in total. The monoisotopic (exact) mass is 419 g/mol. The van der Waals surface area contributed by atoms with Crippen molar-refractivity contribution in [2.75, 3.05) is 7.11 Å². The number of amides is 2. The fourth-order valence-electron chi connectivity index (χ4n) is 2.26. The number of rotatable bonds is 5. The lowest BCUT2D eigenvalue weighted by Gasteiger charge is -2.14.